The van der Waals surface area contributed by atoms with E-state index in [0.717, 1.165) is 35.9 Å². The molecule has 1 amide bonds. The Morgan fingerprint density at radius 1 is 1.03 bits per heavy atom. The number of nitrogens with zero attached hydrogens (tertiary/aromatic N) is 3. The van der Waals surface area contributed by atoms with Crippen LogP contribution in [0.4, 0.5) is 8.78 Å². The van der Waals surface area contributed by atoms with E-state index >= 15 is 0 Å². The molecule has 1 aliphatic rings. The van der Waals surface area contributed by atoms with Gasteiger partial charge in [-0.15, -0.1) is 11.3 Å². The number of thioether (sulfide) groups is 1. The van der Waals surface area contributed by atoms with Gasteiger partial charge in [0.1, 0.15) is 5.01 Å². The summed E-state index contributed by atoms with van der Waals surface area (Å²) >= 11 is 2.13. The molecule has 1 saturated heterocycles. The monoisotopic (exact) mass is 445 g/mol. The Balaban J connectivity index is 1.30. The summed E-state index contributed by atoms with van der Waals surface area (Å²) in [6.07, 6.45) is 0. The molecule has 0 radical (unpaired) electrons. The summed E-state index contributed by atoms with van der Waals surface area (Å²) in [4.78, 5) is 22.0. The number of hydrogen-bond acceptors (Lipinski definition) is 5. The highest BCUT2D eigenvalue weighted by atomic mass is 32.2. The van der Waals surface area contributed by atoms with Crippen molar-refractivity contribution in [1.29, 1.82) is 0 Å². The van der Waals surface area contributed by atoms with Gasteiger partial charge in [-0.25, -0.2) is 4.98 Å². The fourth-order valence-corrected chi connectivity index (χ4v) is 4.71. The Hall–Kier alpha value is -2.29. The zero-order chi connectivity index (χ0) is 20.9. The largest absolute Gasteiger partial charge is 0.336 e. The van der Waals surface area contributed by atoms with Crippen LogP contribution in [0.15, 0.2) is 64.9 Å². The highest BCUT2D eigenvalue weighted by molar-refractivity contribution is 7.99. The number of carbonyl (C=O) groups excluding carboxylic acids is 1. The standard InChI is InChI=1S/C22H21F2N3OS2/c23-22(24)30-19-8-6-17(7-9-19)21(28)27-12-10-26(11-13-27)14-18-15-29-20(25-18)16-4-2-1-3-5-16/h1-9,15,22H,10-14H2. The number of carbonyl (C=O) groups is 1. The fourth-order valence-electron chi connectivity index (χ4n) is 3.39. The molecule has 4 rings (SSSR count). The lowest BCUT2D eigenvalue weighted by atomic mass is 10.2. The van der Waals surface area contributed by atoms with Crippen LogP contribution in [0.1, 0.15) is 16.1 Å². The number of thiazole rings is 1. The Labute approximate surface area is 182 Å². The molecule has 4 nitrogen and oxygen atoms in total. The molecule has 0 atom stereocenters. The second kappa shape index (κ2) is 9.68. The molecule has 0 bridgehead atoms. The summed E-state index contributed by atoms with van der Waals surface area (Å²) in [6, 6.07) is 16.5. The van der Waals surface area contributed by atoms with E-state index in [1.54, 1.807) is 35.6 Å². The van der Waals surface area contributed by atoms with E-state index in [1.165, 1.54) is 0 Å². The van der Waals surface area contributed by atoms with Gasteiger partial charge in [0.2, 0.25) is 0 Å². The van der Waals surface area contributed by atoms with E-state index in [2.05, 4.69) is 22.4 Å². The van der Waals surface area contributed by atoms with Crippen LogP contribution in [-0.4, -0.2) is 52.6 Å². The number of hydrogen-bond donors (Lipinski definition) is 0. The third-order valence-corrected chi connectivity index (χ3v) is 6.61. The fraction of sp³-hybridized carbons (Fsp3) is 0.273. The van der Waals surface area contributed by atoms with Crippen molar-refractivity contribution in [2.24, 2.45) is 0 Å². The first-order valence-corrected chi connectivity index (χ1v) is 11.4. The number of halogens is 2. The second-order valence-corrected chi connectivity index (χ2v) is 8.90. The lowest BCUT2D eigenvalue weighted by molar-refractivity contribution is 0.0627. The van der Waals surface area contributed by atoms with Crippen molar-refractivity contribution in [3.8, 4) is 10.6 Å². The van der Waals surface area contributed by atoms with E-state index in [4.69, 9.17) is 4.98 Å². The second-order valence-electron chi connectivity index (χ2n) is 6.98. The summed E-state index contributed by atoms with van der Waals surface area (Å²) in [5, 5.41) is 3.12. The summed E-state index contributed by atoms with van der Waals surface area (Å²) in [5.41, 5.74) is 2.71. The first kappa shape index (κ1) is 21.0. The van der Waals surface area contributed by atoms with Gasteiger partial charge in [0.25, 0.3) is 11.7 Å². The zero-order valence-electron chi connectivity index (χ0n) is 16.2. The summed E-state index contributed by atoms with van der Waals surface area (Å²) < 4.78 is 24.9. The maximum Gasteiger partial charge on any atom is 0.288 e. The number of piperazine rings is 1. The molecular weight excluding hydrogens is 424 g/mol. The molecule has 0 aliphatic carbocycles. The molecule has 30 heavy (non-hydrogen) atoms. The van der Waals surface area contributed by atoms with Crippen molar-refractivity contribution in [1.82, 2.24) is 14.8 Å². The number of amides is 1. The highest BCUT2D eigenvalue weighted by Crippen LogP contribution is 2.26. The molecule has 1 aliphatic heterocycles. The van der Waals surface area contributed by atoms with Gasteiger partial charge in [0, 0.05) is 54.1 Å². The number of benzene rings is 2. The molecule has 0 spiro atoms. The van der Waals surface area contributed by atoms with Gasteiger partial charge in [-0.2, -0.15) is 8.78 Å². The third-order valence-electron chi connectivity index (χ3n) is 4.94. The third kappa shape index (κ3) is 5.24. The topological polar surface area (TPSA) is 36.4 Å². The van der Waals surface area contributed by atoms with Crippen LogP contribution in [0.3, 0.4) is 0 Å². The van der Waals surface area contributed by atoms with Crippen LogP contribution in [0, 0.1) is 0 Å². The van der Waals surface area contributed by atoms with E-state index in [1.807, 2.05) is 23.1 Å². The molecule has 2 aromatic carbocycles. The van der Waals surface area contributed by atoms with Crippen molar-refractivity contribution in [3.05, 3.63) is 71.2 Å². The van der Waals surface area contributed by atoms with Gasteiger partial charge in [0.05, 0.1) is 5.69 Å². The van der Waals surface area contributed by atoms with E-state index in [9.17, 15) is 13.6 Å². The van der Waals surface area contributed by atoms with Gasteiger partial charge in [0.15, 0.2) is 0 Å². The molecule has 2 heterocycles. The normalized spacial score (nSPS) is 15.0. The number of alkyl halides is 2. The summed E-state index contributed by atoms with van der Waals surface area (Å²) in [6.45, 7) is 3.61. The van der Waals surface area contributed by atoms with Crippen LogP contribution in [-0.2, 0) is 6.54 Å². The number of rotatable bonds is 6. The summed E-state index contributed by atoms with van der Waals surface area (Å²) in [5.74, 6) is -2.51. The molecule has 1 fully saturated rings. The molecule has 0 N–H and O–H groups in total. The molecule has 8 heteroatoms. The molecule has 3 aromatic rings. The van der Waals surface area contributed by atoms with Gasteiger partial charge in [-0.1, -0.05) is 42.1 Å². The quantitative estimate of drug-likeness (QED) is 0.496. The van der Waals surface area contributed by atoms with Crippen molar-refractivity contribution >= 4 is 29.0 Å². The SMILES string of the molecule is O=C(c1ccc(SC(F)F)cc1)N1CCN(Cc2csc(-c3ccccc3)n2)CC1. The van der Waals surface area contributed by atoms with E-state index in [-0.39, 0.29) is 5.91 Å². The van der Waals surface area contributed by atoms with Gasteiger partial charge in [-0.3, -0.25) is 9.69 Å². The summed E-state index contributed by atoms with van der Waals surface area (Å²) in [7, 11) is 0. The Bertz CT molecular complexity index is 972. The van der Waals surface area contributed by atoms with Crippen LogP contribution < -0.4 is 0 Å². The minimum absolute atomic E-state index is 0.0525. The molecule has 0 saturated carbocycles. The van der Waals surface area contributed by atoms with Crippen LogP contribution >= 0.6 is 23.1 Å². The average molecular weight is 446 g/mol. The highest BCUT2D eigenvalue weighted by Gasteiger charge is 2.23. The Morgan fingerprint density at radius 2 is 1.73 bits per heavy atom. The first-order valence-electron chi connectivity index (χ1n) is 9.65. The van der Waals surface area contributed by atoms with Crippen molar-refractivity contribution < 1.29 is 13.6 Å². The van der Waals surface area contributed by atoms with Crippen LogP contribution in [0.2, 0.25) is 0 Å². The van der Waals surface area contributed by atoms with Crippen molar-refractivity contribution in [2.75, 3.05) is 26.2 Å². The van der Waals surface area contributed by atoms with Gasteiger partial charge < -0.3 is 4.90 Å². The predicted octanol–water partition coefficient (Wildman–Crippen LogP) is 5.08. The number of aromatic nitrogens is 1. The van der Waals surface area contributed by atoms with Crippen LogP contribution in [0.25, 0.3) is 10.6 Å². The molecular formula is C22H21F2N3OS2. The molecule has 1 aromatic heterocycles. The minimum Gasteiger partial charge on any atom is -0.336 e. The van der Waals surface area contributed by atoms with Gasteiger partial charge in [-0.05, 0) is 24.3 Å². The molecule has 156 valence electrons. The maximum atomic E-state index is 12.7. The van der Waals surface area contributed by atoms with E-state index < -0.39 is 5.76 Å². The lowest BCUT2D eigenvalue weighted by Gasteiger charge is -2.34. The van der Waals surface area contributed by atoms with Crippen LogP contribution in [0.5, 0.6) is 0 Å². The lowest BCUT2D eigenvalue weighted by Crippen LogP contribution is -2.48. The Morgan fingerprint density at radius 3 is 2.40 bits per heavy atom. The molecule has 0 unspecified atom stereocenters. The predicted molar refractivity (Wildman–Crippen MR) is 117 cm³/mol. The average Bonchev–Trinajstić information content (AvgIpc) is 3.23. The van der Waals surface area contributed by atoms with Crippen molar-refractivity contribution in [3.63, 3.8) is 0 Å². The minimum atomic E-state index is -2.46. The zero-order valence-corrected chi connectivity index (χ0v) is 17.8. The first-order chi connectivity index (χ1) is 14.6. The maximum absolute atomic E-state index is 12.7. The smallest absolute Gasteiger partial charge is 0.288 e. The Kier molecular flexibility index (Phi) is 6.76. The van der Waals surface area contributed by atoms with E-state index in [0.29, 0.717) is 35.3 Å². The van der Waals surface area contributed by atoms with Gasteiger partial charge >= 0.3 is 0 Å². The van der Waals surface area contributed by atoms with Crippen molar-refractivity contribution in [2.45, 2.75) is 17.2 Å².